The fourth-order valence-electron chi connectivity index (χ4n) is 5.96. The Balaban J connectivity index is 1.41. The highest BCUT2D eigenvalue weighted by Gasteiger charge is 2.28. The van der Waals surface area contributed by atoms with Crippen LogP contribution in [0.5, 0.6) is 0 Å². The van der Waals surface area contributed by atoms with Gasteiger partial charge in [0.15, 0.2) is 0 Å². The summed E-state index contributed by atoms with van der Waals surface area (Å²) < 4.78 is 0. The third kappa shape index (κ3) is 6.89. The van der Waals surface area contributed by atoms with E-state index in [1.807, 2.05) is 54.6 Å². The molecule has 4 aromatic rings. The maximum absolute atomic E-state index is 13.6. The van der Waals surface area contributed by atoms with Crippen molar-refractivity contribution in [1.82, 2.24) is 10.6 Å². The first-order valence-electron chi connectivity index (χ1n) is 14.7. The van der Waals surface area contributed by atoms with Gasteiger partial charge in [0.25, 0.3) is 5.91 Å². The lowest BCUT2D eigenvalue weighted by Crippen LogP contribution is -2.45. The van der Waals surface area contributed by atoms with Gasteiger partial charge >= 0.3 is 0 Å². The van der Waals surface area contributed by atoms with Crippen molar-refractivity contribution in [1.29, 1.82) is 0 Å². The van der Waals surface area contributed by atoms with Gasteiger partial charge in [-0.3, -0.25) is 9.59 Å². The first-order chi connectivity index (χ1) is 20.3. The van der Waals surface area contributed by atoms with Gasteiger partial charge in [-0.1, -0.05) is 84.4 Å². The molecule has 0 aliphatic carbocycles. The number of fused-ring (bicyclic) bond motifs is 1. The predicted octanol–water partition coefficient (Wildman–Crippen LogP) is 5.68. The molecule has 42 heavy (non-hydrogen) atoms. The number of amides is 2. The third-order valence-electron chi connectivity index (χ3n) is 8.05. The van der Waals surface area contributed by atoms with E-state index in [4.69, 9.17) is 5.73 Å². The minimum Gasteiger partial charge on any atom is -0.384 e. The molecule has 0 fully saturated rings. The number of rotatable bonds is 9. The Bertz CT molecular complexity index is 1540. The van der Waals surface area contributed by atoms with Gasteiger partial charge in [0.05, 0.1) is 23.3 Å². The minimum atomic E-state index is -0.676. The molecular formula is C36H40N4O2. The Labute approximate surface area is 248 Å². The van der Waals surface area contributed by atoms with Crippen molar-refractivity contribution in [3.8, 4) is 0 Å². The standard InChI is InChI=1S/C36H40N4O2/c1-23-16-24(2)29(25(3)17-23)21-32(37)36(42)40-33-14-15-38-34-30(33)19-28(18-26-10-6-4-7-11-26)20-31(34)35(41)39-22-27-12-8-5-9-13-27/h4-13,16-17,19-20,32-33,38H,14-15,18,21-22,37H2,1-3H3,(H,39,41)(H,40,42)/t32-,33+/m0/s1. The quantitative estimate of drug-likeness (QED) is 0.212. The van der Waals surface area contributed by atoms with Gasteiger partial charge in [-0.2, -0.15) is 0 Å². The first-order valence-corrected chi connectivity index (χ1v) is 14.7. The molecule has 0 spiro atoms. The summed E-state index contributed by atoms with van der Waals surface area (Å²) in [6, 6.07) is 27.5. The molecule has 5 N–H and O–H groups in total. The van der Waals surface area contributed by atoms with Crippen LogP contribution < -0.4 is 21.7 Å². The second kappa shape index (κ2) is 13.0. The van der Waals surface area contributed by atoms with E-state index in [1.165, 1.54) is 5.56 Å². The molecule has 5 rings (SSSR count). The van der Waals surface area contributed by atoms with Crippen LogP contribution in [0.2, 0.25) is 0 Å². The number of carbonyl (C=O) groups is 2. The van der Waals surface area contributed by atoms with Gasteiger partial charge in [0.2, 0.25) is 5.91 Å². The Kier molecular flexibility index (Phi) is 9.03. The van der Waals surface area contributed by atoms with E-state index in [0.717, 1.165) is 44.6 Å². The Morgan fingerprint density at radius 3 is 2.19 bits per heavy atom. The van der Waals surface area contributed by atoms with Gasteiger partial charge in [0.1, 0.15) is 0 Å². The van der Waals surface area contributed by atoms with E-state index >= 15 is 0 Å². The number of nitrogens with two attached hydrogens (primary N) is 1. The molecule has 2 atom stereocenters. The van der Waals surface area contributed by atoms with Crippen LogP contribution in [0.4, 0.5) is 5.69 Å². The molecule has 0 saturated carbocycles. The Morgan fingerprint density at radius 2 is 1.52 bits per heavy atom. The summed E-state index contributed by atoms with van der Waals surface area (Å²) in [4.78, 5) is 27.0. The fraction of sp³-hybridized carbons (Fsp3) is 0.278. The topological polar surface area (TPSA) is 96.2 Å². The minimum absolute atomic E-state index is 0.147. The van der Waals surface area contributed by atoms with Gasteiger partial charge in [-0.25, -0.2) is 0 Å². The van der Waals surface area contributed by atoms with Crippen molar-refractivity contribution in [2.75, 3.05) is 11.9 Å². The number of nitrogens with one attached hydrogen (secondary N) is 3. The number of hydrogen-bond donors (Lipinski definition) is 4. The van der Waals surface area contributed by atoms with Crippen molar-refractivity contribution >= 4 is 17.5 Å². The highest BCUT2D eigenvalue weighted by molar-refractivity contribution is 6.01. The highest BCUT2D eigenvalue weighted by Crippen LogP contribution is 2.35. The van der Waals surface area contributed by atoms with Gasteiger partial charge < -0.3 is 21.7 Å². The van der Waals surface area contributed by atoms with Crippen molar-refractivity contribution in [2.45, 2.75) is 58.7 Å². The van der Waals surface area contributed by atoms with Crippen molar-refractivity contribution in [3.63, 3.8) is 0 Å². The first kappa shape index (κ1) is 29.1. The summed E-state index contributed by atoms with van der Waals surface area (Å²) in [5.74, 6) is -0.331. The lowest BCUT2D eigenvalue weighted by molar-refractivity contribution is -0.123. The van der Waals surface area contributed by atoms with Crippen molar-refractivity contribution in [2.24, 2.45) is 5.73 Å². The maximum Gasteiger partial charge on any atom is 0.253 e. The summed E-state index contributed by atoms with van der Waals surface area (Å²) in [7, 11) is 0. The smallest absolute Gasteiger partial charge is 0.253 e. The predicted molar refractivity (Wildman–Crippen MR) is 170 cm³/mol. The summed E-state index contributed by atoms with van der Waals surface area (Å²) >= 11 is 0. The Hall–Kier alpha value is -4.42. The monoisotopic (exact) mass is 560 g/mol. The number of anilines is 1. The van der Waals surface area contributed by atoms with E-state index in [9.17, 15) is 9.59 Å². The van der Waals surface area contributed by atoms with Crippen LogP contribution in [0.15, 0.2) is 84.9 Å². The molecule has 2 amide bonds. The van der Waals surface area contributed by atoms with Gasteiger partial charge in [-0.15, -0.1) is 0 Å². The maximum atomic E-state index is 13.6. The molecular weight excluding hydrogens is 520 g/mol. The van der Waals surface area contributed by atoms with Crippen LogP contribution in [-0.4, -0.2) is 24.4 Å². The molecule has 0 aromatic heterocycles. The fourth-order valence-corrected chi connectivity index (χ4v) is 5.96. The molecule has 1 aliphatic heterocycles. The van der Waals surface area contributed by atoms with E-state index < -0.39 is 6.04 Å². The second-order valence-electron chi connectivity index (χ2n) is 11.4. The highest BCUT2D eigenvalue weighted by atomic mass is 16.2. The SMILES string of the molecule is Cc1cc(C)c(C[C@H](N)C(=O)N[C@@H]2CCNc3c(C(=O)NCc4ccccc4)cc(Cc4ccccc4)cc32)c(C)c1. The van der Waals surface area contributed by atoms with Crippen LogP contribution in [0.1, 0.15) is 67.3 Å². The molecule has 1 aliphatic rings. The number of benzene rings is 4. The summed E-state index contributed by atoms with van der Waals surface area (Å²) in [6.45, 7) is 7.29. The lowest BCUT2D eigenvalue weighted by atomic mass is 9.89. The van der Waals surface area contributed by atoms with E-state index in [-0.39, 0.29) is 17.9 Å². The van der Waals surface area contributed by atoms with Crippen LogP contribution in [-0.2, 0) is 24.2 Å². The summed E-state index contributed by atoms with van der Waals surface area (Å²) in [6.07, 6.45) is 1.86. The third-order valence-corrected chi connectivity index (χ3v) is 8.05. The van der Waals surface area contributed by atoms with Crippen LogP contribution in [0, 0.1) is 20.8 Å². The second-order valence-corrected chi connectivity index (χ2v) is 11.4. The number of aryl methyl sites for hydroxylation is 3. The van der Waals surface area contributed by atoms with Crippen LogP contribution in [0.3, 0.4) is 0 Å². The summed E-state index contributed by atoms with van der Waals surface area (Å²) in [5, 5.41) is 9.76. The molecule has 6 heteroatoms. The molecule has 0 unspecified atom stereocenters. The lowest BCUT2D eigenvalue weighted by Gasteiger charge is -2.31. The zero-order valence-corrected chi connectivity index (χ0v) is 24.7. The van der Waals surface area contributed by atoms with E-state index in [2.05, 4.69) is 67.1 Å². The normalized spacial score (nSPS) is 14.8. The molecule has 6 nitrogen and oxygen atoms in total. The number of carbonyl (C=O) groups excluding carboxylic acids is 2. The van der Waals surface area contributed by atoms with E-state index in [1.54, 1.807) is 0 Å². The molecule has 0 bridgehead atoms. The van der Waals surface area contributed by atoms with Gasteiger partial charge in [-0.05, 0) is 85.0 Å². The van der Waals surface area contributed by atoms with Crippen molar-refractivity contribution in [3.05, 3.63) is 135 Å². The zero-order chi connectivity index (χ0) is 29.6. The summed E-state index contributed by atoms with van der Waals surface area (Å²) in [5.41, 5.74) is 16.6. The van der Waals surface area contributed by atoms with Crippen molar-refractivity contribution < 1.29 is 9.59 Å². The Morgan fingerprint density at radius 1 is 0.881 bits per heavy atom. The largest absolute Gasteiger partial charge is 0.384 e. The molecule has 0 radical (unpaired) electrons. The molecule has 1 heterocycles. The average molecular weight is 561 g/mol. The molecule has 216 valence electrons. The molecule has 0 saturated heterocycles. The number of hydrogen-bond acceptors (Lipinski definition) is 4. The van der Waals surface area contributed by atoms with Crippen LogP contribution >= 0.6 is 0 Å². The van der Waals surface area contributed by atoms with Gasteiger partial charge in [0, 0.05) is 13.1 Å². The average Bonchev–Trinajstić information content (AvgIpc) is 2.98. The molecule has 4 aromatic carbocycles. The zero-order valence-electron chi connectivity index (χ0n) is 24.7. The van der Waals surface area contributed by atoms with E-state index in [0.29, 0.717) is 37.9 Å². The van der Waals surface area contributed by atoms with Crippen LogP contribution in [0.25, 0.3) is 0 Å².